The van der Waals surface area contributed by atoms with Gasteiger partial charge < -0.3 is 14.0 Å². The highest BCUT2D eigenvalue weighted by Gasteiger charge is 2.42. The van der Waals surface area contributed by atoms with Crippen LogP contribution in [0, 0.1) is 0 Å². The highest BCUT2D eigenvalue weighted by molar-refractivity contribution is 5.76. The third-order valence-electron chi connectivity index (χ3n) is 4.22. The van der Waals surface area contributed by atoms with Crippen molar-refractivity contribution in [2.75, 3.05) is 13.7 Å². The van der Waals surface area contributed by atoms with Crippen molar-refractivity contribution >= 4 is 11.0 Å². The van der Waals surface area contributed by atoms with Crippen molar-refractivity contribution < 1.29 is 9.47 Å². The minimum Gasteiger partial charge on any atom is -0.343 e. The molecule has 1 atom stereocenters. The first kappa shape index (κ1) is 13.5. The molecule has 0 amide bonds. The fraction of sp³-hybridized carbons (Fsp3) is 0.278. The zero-order valence-corrected chi connectivity index (χ0v) is 12.5. The van der Waals surface area contributed by atoms with Gasteiger partial charge >= 0.3 is 0 Å². The smallest absolute Gasteiger partial charge is 0.255 e. The maximum absolute atomic E-state index is 6.18. The Kier molecular flexibility index (Phi) is 3.21. The maximum Gasteiger partial charge on any atom is 0.255 e. The summed E-state index contributed by atoms with van der Waals surface area (Å²) in [6, 6.07) is 18.2. The molecule has 1 aromatic heterocycles. The van der Waals surface area contributed by atoms with Crippen molar-refractivity contribution in [3.63, 3.8) is 0 Å². The topological polar surface area (TPSA) is 36.3 Å². The fourth-order valence-electron chi connectivity index (χ4n) is 3.19. The highest BCUT2D eigenvalue weighted by atomic mass is 16.7. The number of para-hydroxylation sites is 2. The number of ether oxygens (including phenoxy) is 2. The van der Waals surface area contributed by atoms with Crippen LogP contribution in [0.5, 0.6) is 0 Å². The van der Waals surface area contributed by atoms with Crippen LogP contribution in [-0.4, -0.2) is 23.3 Å². The largest absolute Gasteiger partial charge is 0.343 e. The molecule has 0 fully saturated rings. The molecule has 4 nitrogen and oxygen atoms in total. The molecule has 0 saturated carbocycles. The van der Waals surface area contributed by atoms with E-state index in [-0.39, 0.29) is 0 Å². The van der Waals surface area contributed by atoms with E-state index in [2.05, 4.69) is 10.6 Å². The van der Waals surface area contributed by atoms with Crippen LogP contribution in [0.1, 0.15) is 17.8 Å². The van der Waals surface area contributed by atoms with Gasteiger partial charge in [-0.15, -0.1) is 0 Å². The van der Waals surface area contributed by atoms with Crippen LogP contribution in [0.2, 0.25) is 0 Å². The van der Waals surface area contributed by atoms with Crippen molar-refractivity contribution in [2.45, 2.75) is 18.8 Å². The minimum atomic E-state index is -0.948. The number of fused-ring (bicyclic) bond motifs is 3. The molecule has 0 spiro atoms. The molecule has 1 aliphatic heterocycles. The molecule has 3 aromatic rings. The van der Waals surface area contributed by atoms with Crippen molar-refractivity contribution in [1.29, 1.82) is 0 Å². The lowest BCUT2D eigenvalue weighted by Crippen LogP contribution is -2.35. The molecule has 2 aromatic carbocycles. The molecule has 4 heteroatoms. The number of rotatable bonds is 2. The summed E-state index contributed by atoms with van der Waals surface area (Å²) >= 11 is 0. The minimum absolute atomic E-state index is 0.639. The molecule has 22 heavy (non-hydrogen) atoms. The number of methoxy groups -OCH3 is 1. The monoisotopic (exact) mass is 294 g/mol. The van der Waals surface area contributed by atoms with Gasteiger partial charge in [-0.1, -0.05) is 42.5 Å². The summed E-state index contributed by atoms with van der Waals surface area (Å²) in [5, 5.41) is 0. The van der Waals surface area contributed by atoms with E-state index in [4.69, 9.17) is 14.5 Å². The number of hydrogen-bond donors (Lipinski definition) is 0. The van der Waals surface area contributed by atoms with E-state index < -0.39 is 5.79 Å². The molecule has 1 unspecified atom stereocenters. The molecule has 112 valence electrons. The van der Waals surface area contributed by atoms with E-state index in [1.54, 1.807) is 7.11 Å². The lowest BCUT2D eigenvalue weighted by atomic mass is 10.0. The second-order valence-corrected chi connectivity index (χ2v) is 5.46. The number of aryl methyl sites for hydroxylation is 1. The van der Waals surface area contributed by atoms with Crippen molar-refractivity contribution in [2.24, 2.45) is 0 Å². The van der Waals surface area contributed by atoms with E-state index in [1.165, 1.54) is 0 Å². The van der Waals surface area contributed by atoms with Gasteiger partial charge in [0, 0.05) is 19.2 Å². The Morgan fingerprint density at radius 3 is 2.68 bits per heavy atom. The number of aromatic nitrogens is 2. The van der Waals surface area contributed by atoms with E-state index >= 15 is 0 Å². The zero-order valence-electron chi connectivity index (χ0n) is 12.5. The molecule has 2 heterocycles. The first-order chi connectivity index (χ1) is 10.8. The van der Waals surface area contributed by atoms with E-state index in [9.17, 15) is 0 Å². The third-order valence-corrected chi connectivity index (χ3v) is 4.22. The van der Waals surface area contributed by atoms with Gasteiger partial charge in [0.2, 0.25) is 0 Å². The van der Waals surface area contributed by atoms with Crippen molar-refractivity contribution in [3.8, 4) is 0 Å². The van der Waals surface area contributed by atoms with Gasteiger partial charge in [0.25, 0.3) is 5.79 Å². The van der Waals surface area contributed by atoms with Crippen LogP contribution in [0.15, 0.2) is 54.6 Å². The standard InChI is InChI=1S/C18H18N2O2/c1-21-18(14-8-3-2-4-9-14)17-19-15-10-5-6-11-16(15)20(17)12-7-13-22-18/h2-6,8-11H,7,12-13H2,1H3. The number of benzene rings is 2. The zero-order chi connectivity index (χ0) is 15.0. The predicted molar refractivity (Wildman–Crippen MR) is 84.5 cm³/mol. The van der Waals surface area contributed by atoms with Gasteiger partial charge in [-0.3, -0.25) is 0 Å². The van der Waals surface area contributed by atoms with Crippen molar-refractivity contribution in [1.82, 2.24) is 9.55 Å². The van der Waals surface area contributed by atoms with Gasteiger partial charge in [0.1, 0.15) is 0 Å². The second kappa shape index (κ2) is 5.23. The number of imidazole rings is 1. The highest BCUT2D eigenvalue weighted by Crippen LogP contribution is 2.37. The maximum atomic E-state index is 6.18. The van der Waals surface area contributed by atoms with Crippen LogP contribution in [0.3, 0.4) is 0 Å². The van der Waals surface area contributed by atoms with Crippen LogP contribution in [-0.2, 0) is 21.8 Å². The summed E-state index contributed by atoms with van der Waals surface area (Å²) in [6.07, 6.45) is 0.936. The summed E-state index contributed by atoms with van der Waals surface area (Å²) in [5.41, 5.74) is 3.07. The third kappa shape index (κ3) is 1.88. The summed E-state index contributed by atoms with van der Waals surface area (Å²) < 4.78 is 14.3. The Balaban J connectivity index is 2.01. The predicted octanol–water partition coefficient (Wildman–Crippen LogP) is 3.30. The lowest BCUT2D eigenvalue weighted by molar-refractivity contribution is -0.203. The van der Waals surface area contributed by atoms with Gasteiger partial charge in [-0.05, 0) is 18.6 Å². The molecule has 0 radical (unpaired) electrons. The van der Waals surface area contributed by atoms with E-state index in [1.807, 2.05) is 48.5 Å². The van der Waals surface area contributed by atoms with Gasteiger partial charge in [-0.25, -0.2) is 4.98 Å². The summed E-state index contributed by atoms with van der Waals surface area (Å²) in [4.78, 5) is 4.83. The summed E-state index contributed by atoms with van der Waals surface area (Å²) in [6.45, 7) is 1.52. The number of hydrogen-bond acceptors (Lipinski definition) is 3. The quantitative estimate of drug-likeness (QED) is 0.727. The first-order valence-electron chi connectivity index (χ1n) is 7.55. The molecule has 1 aliphatic rings. The van der Waals surface area contributed by atoms with Crippen LogP contribution < -0.4 is 0 Å². The SMILES string of the molecule is COC1(c2ccccc2)OCCCn2c1nc1ccccc12. The molecule has 4 rings (SSSR count). The molecular weight excluding hydrogens is 276 g/mol. The molecule has 0 bridgehead atoms. The van der Waals surface area contributed by atoms with Crippen LogP contribution in [0.25, 0.3) is 11.0 Å². The number of nitrogens with zero attached hydrogens (tertiary/aromatic N) is 2. The molecule has 0 aliphatic carbocycles. The van der Waals surface area contributed by atoms with Crippen LogP contribution >= 0.6 is 0 Å². The van der Waals surface area contributed by atoms with E-state index in [0.29, 0.717) is 6.61 Å². The average molecular weight is 294 g/mol. The Morgan fingerprint density at radius 2 is 1.86 bits per heavy atom. The lowest BCUT2D eigenvalue weighted by Gasteiger charge is -2.30. The first-order valence-corrected chi connectivity index (χ1v) is 7.55. The second-order valence-electron chi connectivity index (χ2n) is 5.46. The van der Waals surface area contributed by atoms with Gasteiger partial charge in [-0.2, -0.15) is 0 Å². The average Bonchev–Trinajstić information content (AvgIpc) is 2.85. The van der Waals surface area contributed by atoms with Gasteiger partial charge in [0.15, 0.2) is 5.82 Å². The fourth-order valence-corrected chi connectivity index (χ4v) is 3.19. The Labute approximate surface area is 129 Å². The summed E-state index contributed by atoms with van der Waals surface area (Å²) in [7, 11) is 1.68. The Hall–Kier alpha value is -2.17. The van der Waals surface area contributed by atoms with Gasteiger partial charge in [0.05, 0.1) is 17.6 Å². The Bertz CT molecular complexity index is 797. The van der Waals surface area contributed by atoms with Crippen LogP contribution in [0.4, 0.5) is 0 Å². The molecular formula is C18H18N2O2. The molecule has 0 N–H and O–H groups in total. The molecule has 0 saturated heterocycles. The van der Waals surface area contributed by atoms with Crippen molar-refractivity contribution in [3.05, 3.63) is 66.0 Å². The normalized spacial score (nSPS) is 21.5. The Morgan fingerprint density at radius 1 is 1.09 bits per heavy atom. The summed E-state index contributed by atoms with van der Waals surface area (Å²) in [5.74, 6) is -0.128. The van der Waals surface area contributed by atoms with E-state index in [0.717, 1.165) is 35.4 Å².